The molecule has 0 aliphatic heterocycles. The highest BCUT2D eigenvalue weighted by Gasteiger charge is 2.11. The standard InChI is InChI=1S/C21H19N3O3/c1-25-16-8-6-15(7-9-16)19-11-18-20(24-19)22-13-23-21(18)27-12-14-4-3-5-17(10-14)26-2/h3-11,13H,12H2,1-2H3,(H,22,23,24). The molecule has 2 aromatic heterocycles. The number of fused-ring (bicyclic) bond motifs is 1. The quantitative estimate of drug-likeness (QED) is 0.557. The van der Waals surface area contributed by atoms with Gasteiger partial charge in [-0.3, -0.25) is 0 Å². The Hall–Kier alpha value is -3.54. The molecule has 0 atom stereocenters. The SMILES string of the molecule is COc1ccc(-c2cc3c(OCc4cccc(OC)c4)ncnc3[nH]2)cc1. The van der Waals surface area contributed by atoms with Gasteiger partial charge in [0.15, 0.2) is 0 Å². The molecule has 4 rings (SSSR count). The van der Waals surface area contributed by atoms with E-state index in [1.807, 2.05) is 54.6 Å². The Morgan fingerprint density at radius 3 is 2.48 bits per heavy atom. The van der Waals surface area contributed by atoms with Crippen molar-refractivity contribution in [2.75, 3.05) is 14.2 Å². The number of H-pyrrole nitrogens is 1. The van der Waals surface area contributed by atoms with Gasteiger partial charge >= 0.3 is 0 Å². The third-order valence-electron chi connectivity index (χ3n) is 4.30. The van der Waals surface area contributed by atoms with Gasteiger partial charge in [0.1, 0.15) is 30.1 Å². The molecule has 1 N–H and O–H groups in total. The summed E-state index contributed by atoms with van der Waals surface area (Å²) in [6.45, 7) is 0.395. The molecular formula is C21H19N3O3. The predicted molar refractivity (Wildman–Crippen MR) is 103 cm³/mol. The number of hydrogen-bond acceptors (Lipinski definition) is 5. The highest BCUT2D eigenvalue weighted by molar-refractivity contribution is 5.86. The zero-order valence-electron chi connectivity index (χ0n) is 15.1. The maximum Gasteiger partial charge on any atom is 0.226 e. The number of methoxy groups -OCH3 is 2. The minimum Gasteiger partial charge on any atom is -0.497 e. The van der Waals surface area contributed by atoms with Gasteiger partial charge in [0.05, 0.1) is 19.6 Å². The first kappa shape index (κ1) is 16.9. The molecule has 136 valence electrons. The van der Waals surface area contributed by atoms with E-state index < -0.39 is 0 Å². The predicted octanol–water partition coefficient (Wildman–Crippen LogP) is 4.22. The number of rotatable bonds is 6. The third kappa shape index (κ3) is 3.55. The van der Waals surface area contributed by atoms with Crippen molar-refractivity contribution in [1.29, 1.82) is 0 Å². The second kappa shape index (κ2) is 7.37. The molecule has 27 heavy (non-hydrogen) atoms. The van der Waals surface area contributed by atoms with Crippen molar-refractivity contribution in [3.63, 3.8) is 0 Å². The van der Waals surface area contributed by atoms with Gasteiger partial charge in [-0.2, -0.15) is 0 Å². The maximum absolute atomic E-state index is 5.94. The molecular weight excluding hydrogens is 342 g/mol. The second-order valence-corrected chi connectivity index (χ2v) is 5.99. The van der Waals surface area contributed by atoms with Gasteiger partial charge in [-0.15, -0.1) is 0 Å². The van der Waals surface area contributed by atoms with Crippen molar-refractivity contribution in [2.24, 2.45) is 0 Å². The first-order chi connectivity index (χ1) is 13.3. The molecule has 0 aliphatic carbocycles. The van der Waals surface area contributed by atoms with E-state index in [9.17, 15) is 0 Å². The first-order valence-electron chi connectivity index (χ1n) is 8.50. The average molecular weight is 361 g/mol. The molecule has 0 saturated carbocycles. The van der Waals surface area contributed by atoms with Gasteiger partial charge in [0, 0.05) is 5.69 Å². The van der Waals surface area contributed by atoms with Crippen molar-refractivity contribution in [1.82, 2.24) is 15.0 Å². The summed E-state index contributed by atoms with van der Waals surface area (Å²) in [5.41, 5.74) is 3.72. The van der Waals surface area contributed by atoms with Gasteiger partial charge in [0.2, 0.25) is 5.88 Å². The van der Waals surface area contributed by atoms with E-state index in [2.05, 4.69) is 15.0 Å². The van der Waals surface area contributed by atoms with Crippen LogP contribution in [0.2, 0.25) is 0 Å². The topological polar surface area (TPSA) is 69.3 Å². The molecule has 0 radical (unpaired) electrons. The van der Waals surface area contributed by atoms with Gasteiger partial charge in [0.25, 0.3) is 0 Å². The molecule has 0 saturated heterocycles. The molecule has 0 amide bonds. The summed E-state index contributed by atoms with van der Waals surface area (Å²) in [4.78, 5) is 11.9. The van der Waals surface area contributed by atoms with Crippen molar-refractivity contribution in [3.05, 3.63) is 66.5 Å². The summed E-state index contributed by atoms with van der Waals surface area (Å²) in [5.74, 6) is 2.16. The second-order valence-electron chi connectivity index (χ2n) is 5.99. The Morgan fingerprint density at radius 2 is 1.70 bits per heavy atom. The summed E-state index contributed by atoms with van der Waals surface area (Å²) < 4.78 is 16.4. The zero-order chi connectivity index (χ0) is 18.6. The van der Waals surface area contributed by atoms with Crippen molar-refractivity contribution < 1.29 is 14.2 Å². The lowest BCUT2D eigenvalue weighted by atomic mass is 10.1. The van der Waals surface area contributed by atoms with Crippen LogP contribution in [-0.2, 0) is 6.61 Å². The molecule has 0 fully saturated rings. The van der Waals surface area contributed by atoms with Crippen LogP contribution in [0.25, 0.3) is 22.3 Å². The summed E-state index contributed by atoms with van der Waals surface area (Å²) in [5, 5.41) is 0.839. The van der Waals surface area contributed by atoms with Crippen LogP contribution < -0.4 is 14.2 Å². The first-order valence-corrected chi connectivity index (χ1v) is 8.50. The van der Waals surface area contributed by atoms with Crippen LogP contribution in [-0.4, -0.2) is 29.2 Å². The van der Waals surface area contributed by atoms with Gasteiger partial charge in [-0.1, -0.05) is 12.1 Å². The molecule has 0 unspecified atom stereocenters. The number of ether oxygens (including phenoxy) is 3. The van der Waals surface area contributed by atoms with Crippen LogP contribution in [0, 0.1) is 0 Å². The monoisotopic (exact) mass is 361 g/mol. The molecule has 6 nitrogen and oxygen atoms in total. The Labute approximate surface area is 156 Å². The van der Waals surface area contributed by atoms with Crippen molar-refractivity contribution >= 4 is 11.0 Å². The fourth-order valence-electron chi connectivity index (χ4n) is 2.87. The fourth-order valence-corrected chi connectivity index (χ4v) is 2.87. The Balaban J connectivity index is 1.60. The van der Waals surface area contributed by atoms with E-state index >= 15 is 0 Å². The molecule has 0 spiro atoms. The Kier molecular flexibility index (Phi) is 4.61. The number of nitrogens with one attached hydrogen (secondary N) is 1. The van der Waals surface area contributed by atoms with E-state index in [-0.39, 0.29) is 0 Å². The average Bonchev–Trinajstić information content (AvgIpc) is 3.17. The lowest BCUT2D eigenvalue weighted by Crippen LogP contribution is -1.98. The molecule has 4 aromatic rings. The minimum absolute atomic E-state index is 0.395. The van der Waals surface area contributed by atoms with Crippen LogP contribution in [0.1, 0.15) is 5.56 Å². The van der Waals surface area contributed by atoms with Crippen LogP contribution in [0.4, 0.5) is 0 Å². The number of aromatic nitrogens is 3. The number of hydrogen-bond donors (Lipinski definition) is 1. The van der Waals surface area contributed by atoms with E-state index in [1.165, 1.54) is 6.33 Å². The van der Waals surface area contributed by atoms with Gasteiger partial charge < -0.3 is 19.2 Å². The largest absolute Gasteiger partial charge is 0.497 e. The van der Waals surface area contributed by atoms with Crippen LogP contribution >= 0.6 is 0 Å². The van der Waals surface area contributed by atoms with E-state index in [0.717, 1.165) is 39.4 Å². The van der Waals surface area contributed by atoms with Crippen LogP contribution in [0.5, 0.6) is 17.4 Å². The van der Waals surface area contributed by atoms with Crippen molar-refractivity contribution in [3.8, 4) is 28.6 Å². The minimum atomic E-state index is 0.395. The molecule has 2 heterocycles. The molecule has 6 heteroatoms. The molecule has 0 aliphatic rings. The summed E-state index contributed by atoms with van der Waals surface area (Å²) in [7, 11) is 3.30. The van der Waals surface area contributed by atoms with Crippen LogP contribution in [0.15, 0.2) is 60.9 Å². The Bertz CT molecular complexity index is 1060. The van der Waals surface area contributed by atoms with E-state index in [4.69, 9.17) is 14.2 Å². The molecule has 2 aromatic carbocycles. The highest BCUT2D eigenvalue weighted by Crippen LogP contribution is 2.29. The smallest absolute Gasteiger partial charge is 0.226 e. The maximum atomic E-state index is 5.94. The number of nitrogens with zero attached hydrogens (tertiary/aromatic N) is 2. The summed E-state index contributed by atoms with van der Waals surface area (Å²) in [6, 6.07) is 17.6. The van der Waals surface area contributed by atoms with Crippen LogP contribution in [0.3, 0.4) is 0 Å². The van der Waals surface area contributed by atoms with Gasteiger partial charge in [-0.05, 0) is 53.6 Å². The van der Waals surface area contributed by atoms with E-state index in [0.29, 0.717) is 12.5 Å². The summed E-state index contributed by atoms with van der Waals surface area (Å²) in [6.07, 6.45) is 1.50. The summed E-state index contributed by atoms with van der Waals surface area (Å²) >= 11 is 0. The zero-order valence-corrected chi connectivity index (χ0v) is 15.1. The molecule has 0 bridgehead atoms. The number of benzene rings is 2. The highest BCUT2D eigenvalue weighted by atomic mass is 16.5. The normalized spacial score (nSPS) is 10.7. The van der Waals surface area contributed by atoms with E-state index in [1.54, 1.807) is 14.2 Å². The third-order valence-corrected chi connectivity index (χ3v) is 4.30. The number of aromatic amines is 1. The van der Waals surface area contributed by atoms with Gasteiger partial charge in [-0.25, -0.2) is 9.97 Å². The Morgan fingerprint density at radius 1 is 0.889 bits per heavy atom. The van der Waals surface area contributed by atoms with Crippen molar-refractivity contribution in [2.45, 2.75) is 6.61 Å². The lowest BCUT2D eigenvalue weighted by molar-refractivity contribution is 0.296. The fraction of sp³-hybridized carbons (Fsp3) is 0.143. The lowest BCUT2D eigenvalue weighted by Gasteiger charge is -2.07.